The Morgan fingerprint density at radius 3 is 2.37 bits per heavy atom. The van der Waals surface area contributed by atoms with Crippen LogP contribution < -0.4 is 0 Å². The third-order valence-electron chi connectivity index (χ3n) is 5.74. The van der Waals surface area contributed by atoms with Gasteiger partial charge in [-0.3, -0.25) is 14.4 Å². The average molecular weight is 370 g/mol. The van der Waals surface area contributed by atoms with E-state index in [4.69, 9.17) is 0 Å². The predicted molar refractivity (Wildman–Crippen MR) is 102 cm³/mol. The second-order valence-corrected chi connectivity index (χ2v) is 7.82. The molecule has 4 rings (SSSR count). The molecule has 144 valence electrons. The number of piperidine rings is 1. The van der Waals surface area contributed by atoms with Gasteiger partial charge < -0.3 is 4.90 Å². The molecule has 2 aliphatic heterocycles. The van der Waals surface area contributed by atoms with Crippen LogP contribution in [0.2, 0.25) is 0 Å². The highest BCUT2D eigenvalue weighted by Crippen LogP contribution is 2.31. The van der Waals surface area contributed by atoms with Gasteiger partial charge >= 0.3 is 0 Å². The molecule has 0 saturated carbocycles. The minimum atomic E-state index is -0.313. The van der Waals surface area contributed by atoms with Gasteiger partial charge in [0.25, 0.3) is 0 Å². The van der Waals surface area contributed by atoms with E-state index in [9.17, 15) is 9.18 Å². The van der Waals surface area contributed by atoms with Gasteiger partial charge in [-0.1, -0.05) is 18.6 Å². The molecule has 2 aliphatic rings. The zero-order chi connectivity index (χ0) is 19.0. The number of hydrogen-bond donors (Lipinski definition) is 0. The summed E-state index contributed by atoms with van der Waals surface area (Å²) in [7, 11) is 0. The molecule has 1 aromatic carbocycles. The molecule has 2 saturated heterocycles. The van der Waals surface area contributed by atoms with E-state index in [0.29, 0.717) is 13.1 Å². The number of carbonyl (C=O) groups excluding carboxylic acids is 1. The van der Waals surface area contributed by atoms with Crippen LogP contribution in [0, 0.1) is 19.7 Å². The molecule has 6 heteroatoms. The zero-order valence-corrected chi connectivity index (χ0v) is 16.1. The summed E-state index contributed by atoms with van der Waals surface area (Å²) in [5.41, 5.74) is 3.03. The van der Waals surface area contributed by atoms with Crippen molar-refractivity contribution in [1.82, 2.24) is 19.6 Å². The fraction of sp³-hybridized carbons (Fsp3) is 0.524. The van der Waals surface area contributed by atoms with Crippen LogP contribution in [-0.4, -0.2) is 51.7 Å². The molecule has 0 radical (unpaired) electrons. The third kappa shape index (κ3) is 3.63. The highest BCUT2D eigenvalue weighted by atomic mass is 19.1. The lowest BCUT2D eigenvalue weighted by molar-refractivity contribution is -0.144. The second-order valence-electron chi connectivity index (χ2n) is 7.82. The molecule has 1 amide bonds. The van der Waals surface area contributed by atoms with Gasteiger partial charge in [-0.05, 0) is 63.5 Å². The number of halogens is 1. The smallest absolute Gasteiger partial charge is 0.244 e. The van der Waals surface area contributed by atoms with Crippen LogP contribution in [0.25, 0.3) is 0 Å². The summed E-state index contributed by atoms with van der Waals surface area (Å²) in [6.45, 7) is 7.26. The Morgan fingerprint density at radius 1 is 1.11 bits per heavy atom. The standard InChI is InChI=1S/C21H27FN4O/c1-15-12-16(2)26(23-15)19-13-25(14-19)21(27)20(24-10-4-3-5-11-24)17-6-8-18(22)9-7-17/h6-9,12,19-20H,3-5,10-11,13-14H2,1-2H3. The maximum Gasteiger partial charge on any atom is 0.244 e. The van der Waals surface area contributed by atoms with Gasteiger partial charge in [0.2, 0.25) is 5.91 Å². The predicted octanol–water partition coefficient (Wildman–Crippen LogP) is 3.25. The zero-order valence-electron chi connectivity index (χ0n) is 16.1. The van der Waals surface area contributed by atoms with Crippen molar-refractivity contribution in [2.45, 2.75) is 45.2 Å². The molecule has 1 atom stereocenters. The van der Waals surface area contributed by atoms with E-state index in [0.717, 1.165) is 42.9 Å². The second kappa shape index (κ2) is 7.43. The monoisotopic (exact) mass is 370 g/mol. The molecule has 5 nitrogen and oxygen atoms in total. The summed E-state index contributed by atoms with van der Waals surface area (Å²) in [5.74, 6) is -0.140. The number of amides is 1. The van der Waals surface area contributed by atoms with Crippen LogP contribution in [0.1, 0.15) is 48.3 Å². The first-order valence-electron chi connectivity index (χ1n) is 9.84. The van der Waals surface area contributed by atoms with Crippen molar-refractivity contribution in [3.8, 4) is 0 Å². The molecular formula is C21H27FN4O. The maximum atomic E-state index is 13.4. The van der Waals surface area contributed by atoms with Crippen molar-refractivity contribution >= 4 is 5.91 Å². The summed E-state index contributed by atoms with van der Waals surface area (Å²) < 4.78 is 15.4. The number of hydrogen-bond acceptors (Lipinski definition) is 3. The van der Waals surface area contributed by atoms with Crippen molar-refractivity contribution < 1.29 is 9.18 Å². The van der Waals surface area contributed by atoms with E-state index in [1.807, 2.05) is 16.5 Å². The maximum absolute atomic E-state index is 13.4. The van der Waals surface area contributed by atoms with Crippen molar-refractivity contribution in [2.24, 2.45) is 0 Å². The topological polar surface area (TPSA) is 41.4 Å². The lowest BCUT2D eigenvalue weighted by Crippen LogP contribution is -2.55. The number of nitrogens with zero attached hydrogens (tertiary/aromatic N) is 4. The van der Waals surface area contributed by atoms with Crippen LogP contribution in [-0.2, 0) is 4.79 Å². The molecule has 3 heterocycles. The lowest BCUT2D eigenvalue weighted by atomic mass is 9.98. The van der Waals surface area contributed by atoms with Crippen molar-refractivity contribution in [1.29, 1.82) is 0 Å². The molecular weight excluding hydrogens is 343 g/mol. The fourth-order valence-corrected chi connectivity index (χ4v) is 4.31. The van der Waals surface area contributed by atoms with Gasteiger partial charge in [0.1, 0.15) is 11.9 Å². The van der Waals surface area contributed by atoms with E-state index in [2.05, 4.69) is 23.0 Å². The molecule has 27 heavy (non-hydrogen) atoms. The van der Waals surface area contributed by atoms with E-state index < -0.39 is 0 Å². The number of carbonyl (C=O) groups is 1. The fourth-order valence-electron chi connectivity index (χ4n) is 4.31. The highest BCUT2D eigenvalue weighted by molar-refractivity contribution is 5.84. The summed E-state index contributed by atoms with van der Waals surface area (Å²) in [6.07, 6.45) is 3.43. The summed E-state index contributed by atoms with van der Waals surface area (Å²) in [6, 6.07) is 8.42. The lowest BCUT2D eigenvalue weighted by Gasteiger charge is -2.44. The molecule has 0 N–H and O–H groups in total. The Balaban J connectivity index is 1.51. The Labute approximate surface area is 159 Å². The number of aromatic nitrogens is 2. The molecule has 1 unspecified atom stereocenters. The van der Waals surface area contributed by atoms with E-state index in [1.165, 1.54) is 18.6 Å². The van der Waals surface area contributed by atoms with Gasteiger partial charge in [0.15, 0.2) is 0 Å². The molecule has 0 bridgehead atoms. The van der Waals surface area contributed by atoms with Crippen LogP contribution in [0.3, 0.4) is 0 Å². The minimum Gasteiger partial charge on any atom is -0.337 e. The van der Waals surface area contributed by atoms with E-state index in [1.54, 1.807) is 12.1 Å². The SMILES string of the molecule is Cc1cc(C)n(C2CN(C(=O)C(c3ccc(F)cc3)N3CCCCC3)C2)n1. The molecule has 2 fully saturated rings. The molecule has 0 spiro atoms. The van der Waals surface area contributed by atoms with Gasteiger partial charge in [-0.25, -0.2) is 4.39 Å². The molecule has 1 aromatic heterocycles. The first-order valence-corrected chi connectivity index (χ1v) is 9.84. The van der Waals surface area contributed by atoms with Crippen molar-refractivity contribution in [3.63, 3.8) is 0 Å². The summed E-state index contributed by atoms with van der Waals surface area (Å²) in [4.78, 5) is 17.5. The first kappa shape index (κ1) is 18.2. The summed E-state index contributed by atoms with van der Waals surface area (Å²) >= 11 is 0. The highest BCUT2D eigenvalue weighted by Gasteiger charge is 2.39. The van der Waals surface area contributed by atoms with Crippen molar-refractivity contribution in [2.75, 3.05) is 26.2 Å². The Bertz CT molecular complexity index is 804. The van der Waals surface area contributed by atoms with E-state index in [-0.39, 0.29) is 23.8 Å². The van der Waals surface area contributed by atoms with Gasteiger partial charge in [0, 0.05) is 18.8 Å². The number of aryl methyl sites for hydroxylation is 2. The summed E-state index contributed by atoms with van der Waals surface area (Å²) in [5, 5.41) is 4.56. The first-order chi connectivity index (χ1) is 13.0. The quantitative estimate of drug-likeness (QED) is 0.830. The Hall–Kier alpha value is -2.21. The van der Waals surface area contributed by atoms with Crippen LogP contribution in [0.5, 0.6) is 0 Å². The number of rotatable bonds is 4. The number of likely N-dealkylation sites (tertiary alicyclic amines) is 2. The largest absolute Gasteiger partial charge is 0.337 e. The van der Waals surface area contributed by atoms with Crippen LogP contribution >= 0.6 is 0 Å². The number of benzene rings is 1. The van der Waals surface area contributed by atoms with E-state index >= 15 is 0 Å². The van der Waals surface area contributed by atoms with Crippen LogP contribution in [0.15, 0.2) is 30.3 Å². The molecule has 0 aliphatic carbocycles. The normalized spacial score (nSPS) is 19.7. The average Bonchev–Trinajstić information content (AvgIpc) is 2.95. The van der Waals surface area contributed by atoms with Crippen molar-refractivity contribution in [3.05, 3.63) is 53.1 Å². The Morgan fingerprint density at radius 2 is 1.78 bits per heavy atom. The van der Waals surface area contributed by atoms with Gasteiger partial charge in [-0.15, -0.1) is 0 Å². The van der Waals surface area contributed by atoms with Gasteiger partial charge in [0.05, 0.1) is 11.7 Å². The third-order valence-corrected chi connectivity index (χ3v) is 5.74. The Kier molecular flexibility index (Phi) is 5.00. The minimum absolute atomic E-state index is 0.126. The van der Waals surface area contributed by atoms with Crippen LogP contribution in [0.4, 0.5) is 4.39 Å². The molecule has 2 aromatic rings. The van der Waals surface area contributed by atoms with Gasteiger partial charge in [-0.2, -0.15) is 5.10 Å².